The Kier molecular flexibility index (Phi) is 4.47. The van der Waals surface area contributed by atoms with Crippen molar-refractivity contribution in [3.63, 3.8) is 0 Å². The third-order valence-electron chi connectivity index (χ3n) is 3.58. The van der Waals surface area contributed by atoms with Crippen LogP contribution in [0.3, 0.4) is 0 Å². The molecule has 1 aromatic heterocycles. The van der Waals surface area contributed by atoms with E-state index in [-0.39, 0.29) is 0 Å². The van der Waals surface area contributed by atoms with E-state index in [4.69, 9.17) is 4.42 Å². The fraction of sp³-hybridized carbons (Fsp3) is 0.692. The van der Waals surface area contributed by atoms with Crippen LogP contribution >= 0.6 is 15.9 Å². The van der Waals surface area contributed by atoms with Gasteiger partial charge in [-0.05, 0) is 40.8 Å². The third kappa shape index (κ3) is 3.11. The Bertz CT molecular complexity index is 323. The highest BCUT2D eigenvalue weighted by Crippen LogP contribution is 2.24. The summed E-state index contributed by atoms with van der Waals surface area (Å²) in [6, 6.07) is 2.60. The van der Waals surface area contributed by atoms with Gasteiger partial charge in [0.25, 0.3) is 0 Å². The zero-order valence-electron chi connectivity index (χ0n) is 9.84. The molecule has 1 saturated carbocycles. The van der Waals surface area contributed by atoms with Gasteiger partial charge in [-0.3, -0.25) is 0 Å². The standard InChI is InChI=1S/C13H20BrNO/c1-10-5-3-2-4-6-12(10)15-9-13-11(14)7-8-16-13/h7-8,10,12,15H,2-6,9H2,1H3. The van der Waals surface area contributed by atoms with Gasteiger partial charge >= 0.3 is 0 Å². The molecule has 2 unspecified atom stereocenters. The molecular weight excluding hydrogens is 266 g/mol. The average molecular weight is 286 g/mol. The van der Waals surface area contributed by atoms with Crippen LogP contribution in [0.4, 0.5) is 0 Å². The molecule has 0 amide bonds. The minimum Gasteiger partial charge on any atom is -0.467 e. The van der Waals surface area contributed by atoms with Crippen molar-refractivity contribution in [2.24, 2.45) is 5.92 Å². The largest absolute Gasteiger partial charge is 0.467 e. The van der Waals surface area contributed by atoms with Crippen LogP contribution in [0.2, 0.25) is 0 Å². The first-order chi connectivity index (χ1) is 7.77. The smallest absolute Gasteiger partial charge is 0.131 e. The highest BCUT2D eigenvalue weighted by Gasteiger charge is 2.19. The van der Waals surface area contributed by atoms with E-state index < -0.39 is 0 Å². The van der Waals surface area contributed by atoms with Crippen LogP contribution in [0.5, 0.6) is 0 Å². The molecule has 90 valence electrons. The number of furan rings is 1. The van der Waals surface area contributed by atoms with Crippen LogP contribution in [-0.4, -0.2) is 6.04 Å². The van der Waals surface area contributed by atoms with E-state index in [1.165, 1.54) is 32.1 Å². The summed E-state index contributed by atoms with van der Waals surface area (Å²) in [6.07, 6.45) is 8.55. The first-order valence-electron chi connectivity index (χ1n) is 6.22. The van der Waals surface area contributed by atoms with E-state index in [2.05, 4.69) is 28.2 Å². The monoisotopic (exact) mass is 285 g/mol. The van der Waals surface area contributed by atoms with Crippen molar-refractivity contribution in [1.82, 2.24) is 5.32 Å². The minimum atomic E-state index is 0.652. The number of hydrogen-bond donors (Lipinski definition) is 1. The highest BCUT2D eigenvalue weighted by molar-refractivity contribution is 9.10. The molecule has 0 radical (unpaired) electrons. The third-order valence-corrected chi connectivity index (χ3v) is 4.28. The molecule has 0 aliphatic heterocycles. The average Bonchev–Trinajstić information content (AvgIpc) is 2.56. The van der Waals surface area contributed by atoms with Crippen molar-refractivity contribution in [3.8, 4) is 0 Å². The molecule has 1 aliphatic rings. The molecule has 3 heteroatoms. The normalized spacial score (nSPS) is 26.6. The topological polar surface area (TPSA) is 25.2 Å². The van der Waals surface area contributed by atoms with Gasteiger partial charge in [0.05, 0.1) is 17.3 Å². The Labute approximate surface area is 106 Å². The molecule has 2 rings (SSSR count). The number of rotatable bonds is 3. The van der Waals surface area contributed by atoms with Gasteiger partial charge in [-0.15, -0.1) is 0 Å². The lowest BCUT2D eigenvalue weighted by molar-refractivity contribution is 0.341. The zero-order chi connectivity index (χ0) is 11.4. The summed E-state index contributed by atoms with van der Waals surface area (Å²) in [5.41, 5.74) is 0. The molecule has 0 bridgehead atoms. The quantitative estimate of drug-likeness (QED) is 0.846. The van der Waals surface area contributed by atoms with Crippen LogP contribution < -0.4 is 5.32 Å². The predicted octanol–water partition coefficient (Wildman–Crippen LogP) is 4.10. The molecule has 0 spiro atoms. The van der Waals surface area contributed by atoms with Crippen molar-refractivity contribution in [2.75, 3.05) is 0 Å². The lowest BCUT2D eigenvalue weighted by Gasteiger charge is -2.22. The second-order valence-electron chi connectivity index (χ2n) is 4.79. The van der Waals surface area contributed by atoms with Crippen LogP contribution in [0.1, 0.15) is 44.8 Å². The zero-order valence-corrected chi connectivity index (χ0v) is 11.4. The molecule has 1 heterocycles. The van der Waals surface area contributed by atoms with Gasteiger partial charge in [0.1, 0.15) is 5.76 Å². The van der Waals surface area contributed by atoms with Gasteiger partial charge in [0, 0.05) is 6.04 Å². The van der Waals surface area contributed by atoms with E-state index >= 15 is 0 Å². The summed E-state index contributed by atoms with van der Waals surface area (Å²) in [7, 11) is 0. The molecule has 0 aromatic carbocycles. The fourth-order valence-corrected chi connectivity index (χ4v) is 2.81. The van der Waals surface area contributed by atoms with Crippen molar-refractivity contribution in [1.29, 1.82) is 0 Å². The van der Waals surface area contributed by atoms with E-state index in [0.29, 0.717) is 6.04 Å². The lowest BCUT2D eigenvalue weighted by atomic mass is 9.97. The second-order valence-corrected chi connectivity index (χ2v) is 5.65. The van der Waals surface area contributed by atoms with Gasteiger partial charge in [-0.25, -0.2) is 0 Å². The molecular formula is C13H20BrNO. The molecule has 1 aromatic rings. The Morgan fingerprint density at radius 3 is 2.94 bits per heavy atom. The molecule has 0 saturated heterocycles. The summed E-state index contributed by atoms with van der Waals surface area (Å²) >= 11 is 3.49. The van der Waals surface area contributed by atoms with Crippen molar-refractivity contribution in [2.45, 2.75) is 51.6 Å². The van der Waals surface area contributed by atoms with E-state index in [9.17, 15) is 0 Å². The number of hydrogen-bond acceptors (Lipinski definition) is 2. The van der Waals surface area contributed by atoms with Gasteiger partial charge in [0.2, 0.25) is 0 Å². The Balaban J connectivity index is 1.86. The Morgan fingerprint density at radius 2 is 2.19 bits per heavy atom. The molecule has 2 atom stereocenters. The maximum absolute atomic E-state index is 5.41. The van der Waals surface area contributed by atoms with Crippen molar-refractivity contribution in [3.05, 3.63) is 22.6 Å². The van der Waals surface area contributed by atoms with Crippen LogP contribution in [-0.2, 0) is 6.54 Å². The van der Waals surface area contributed by atoms with Gasteiger partial charge in [-0.2, -0.15) is 0 Å². The first kappa shape index (κ1) is 12.2. The summed E-state index contributed by atoms with van der Waals surface area (Å²) in [6.45, 7) is 3.20. The molecule has 16 heavy (non-hydrogen) atoms. The molecule has 2 nitrogen and oxygen atoms in total. The van der Waals surface area contributed by atoms with E-state index in [1.54, 1.807) is 6.26 Å². The van der Waals surface area contributed by atoms with E-state index in [1.807, 2.05) is 6.07 Å². The molecule has 1 N–H and O–H groups in total. The van der Waals surface area contributed by atoms with Crippen LogP contribution in [0.25, 0.3) is 0 Å². The first-order valence-corrected chi connectivity index (χ1v) is 7.02. The summed E-state index contributed by atoms with van der Waals surface area (Å²) < 4.78 is 6.48. The summed E-state index contributed by atoms with van der Waals surface area (Å²) in [5, 5.41) is 3.63. The number of halogens is 1. The van der Waals surface area contributed by atoms with Crippen LogP contribution in [0.15, 0.2) is 21.2 Å². The second kappa shape index (κ2) is 5.87. The summed E-state index contributed by atoms with van der Waals surface area (Å²) in [5.74, 6) is 1.80. The predicted molar refractivity (Wildman–Crippen MR) is 69.3 cm³/mol. The summed E-state index contributed by atoms with van der Waals surface area (Å²) in [4.78, 5) is 0. The Morgan fingerprint density at radius 1 is 1.38 bits per heavy atom. The van der Waals surface area contributed by atoms with Gasteiger partial charge in [-0.1, -0.05) is 26.2 Å². The highest BCUT2D eigenvalue weighted by atomic mass is 79.9. The SMILES string of the molecule is CC1CCCCCC1NCc1occc1Br. The van der Waals surface area contributed by atoms with E-state index in [0.717, 1.165) is 22.7 Å². The fourth-order valence-electron chi connectivity index (χ4n) is 2.47. The van der Waals surface area contributed by atoms with Gasteiger partial charge < -0.3 is 9.73 Å². The Hall–Kier alpha value is -0.280. The maximum Gasteiger partial charge on any atom is 0.131 e. The minimum absolute atomic E-state index is 0.652. The molecule has 1 aliphatic carbocycles. The van der Waals surface area contributed by atoms with Crippen molar-refractivity contribution >= 4 is 15.9 Å². The van der Waals surface area contributed by atoms with Crippen molar-refractivity contribution < 1.29 is 4.42 Å². The molecule has 1 fully saturated rings. The van der Waals surface area contributed by atoms with Crippen LogP contribution in [0, 0.1) is 5.92 Å². The lowest BCUT2D eigenvalue weighted by Crippen LogP contribution is -2.33. The van der Waals surface area contributed by atoms with Gasteiger partial charge in [0.15, 0.2) is 0 Å². The maximum atomic E-state index is 5.41. The number of nitrogens with one attached hydrogen (secondary N) is 1.